The van der Waals surface area contributed by atoms with Crippen molar-refractivity contribution in [3.8, 4) is 56.0 Å². The van der Waals surface area contributed by atoms with E-state index >= 15 is 0 Å². The number of para-hydroxylation sites is 1. The van der Waals surface area contributed by atoms with Crippen LogP contribution in [0.25, 0.3) is 76.8 Å². The fourth-order valence-corrected chi connectivity index (χ4v) is 7.05. The molecule has 1 heterocycles. The lowest BCUT2D eigenvalue weighted by atomic mass is 9.83. The van der Waals surface area contributed by atoms with Gasteiger partial charge in [0.2, 0.25) is 0 Å². The minimum absolute atomic E-state index is 0.903. The second kappa shape index (κ2) is 9.44. The van der Waals surface area contributed by atoms with Gasteiger partial charge in [0.25, 0.3) is 0 Å². The molecule has 0 amide bonds. The monoisotopic (exact) mass is 546 g/mol. The Balaban J connectivity index is 1.36. The zero-order chi connectivity index (χ0) is 28.3. The molecule has 200 valence electrons. The van der Waals surface area contributed by atoms with E-state index in [-0.39, 0.29) is 0 Å². The minimum Gasteiger partial charge on any atom is -0.455 e. The number of hydrogen-bond donors (Lipinski definition) is 0. The molecule has 1 nitrogen and oxygen atoms in total. The summed E-state index contributed by atoms with van der Waals surface area (Å²) >= 11 is 0. The Kier molecular flexibility index (Phi) is 5.27. The lowest BCUT2D eigenvalue weighted by Crippen LogP contribution is -2.00. The molecule has 1 aliphatic rings. The van der Waals surface area contributed by atoms with Gasteiger partial charge in [-0.1, -0.05) is 146 Å². The van der Waals surface area contributed by atoms with Crippen LogP contribution in [0.5, 0.6) is 11.5 Å². The van der Waals surface area contributed by atoms with Crippen LogP contribution in [0.15, 0.2) is 158 Å². The van der Waals surface area contributed by atoms with Gasteiger partial charge in [-0.05, 0) is 72.4 Å². The standard InChI is InChI=1S/C42H26O/c1-3-13-27(14-4-1)29-21-11-24-37-35-23-12-22-34-36(25-26-38(41(34)35)43-42(29)37)40-32-19-9-7-17-30(32)39(28-15-5-2-6-16-28)31-18-8-10-20-33(31)40/h1-26H. The number of fused-ring (bicyclic) bond motifs is 4. The van der Waals surface area contributed by atoms with Gasteiger partial charge >= 0.3 is 0 Å². The predicted octanol–water partition coefficient (Wildman–Crippen LogP) is 11.9. The van der Waals surface area contributed by atoms with Crippen molar-refractivity contribution in [2.45, 2.75) is 0 Å². The summed E-state index contributed by atoms with van der Waals surface area (Å²) in [5.74, 6) is 1.82. The molecule has 0 unspecified atom stereocenters. The van der Waals surface area contributed by atoms with Gasteiger partial charge in [-0.3, -0.25) is 0 Å². The molecule has 8 aromatic rings. The van der Waals surface area contributed by atoms with Gasteiger partial charge in [-0.25, -0.2) is 0 Å². The van der Waals surface area contributed by atoms with Crippen LogP contribution in [0.3, 0.4) is 0 Å². The molecular formula is C42H26O. The van der Waals surface area contributed by atoms with Crippen molar-refractivity contribution in [1.82, 2.24) is 0 Å². The summed E-state index contributed by atoms with van der Waals surface area (Å²) in [4.78, 5) is 0. The van der Waals surface area contributed by atoms with Crippen molar-refractivity contribution in [3.05, 3.63) is 158 Å². The van der Waals surface area contributed by atoms with Gasteiger partial charge < -0.3 is 4.74 Å². The average molecular weight is 547 g/mol. The Hall–Kier alpha value is -5.66. The summed E-state index contributed by atoms with van der Waals surface area (Å²) in [5, 5.41) is 7.40. The Labute approximate surface area is 250 Å². The molecule has 0 saturated carbocycles. The smallest absolute Gasteiger partial charge is 0.143 e. The summed E-state index contributed by atoms with van der Waals surface area (Å²) < 4.78 is 6.78. The Bertz CT molecular complexity index is 2290. The molecule has 1 heteroatoms. The maximum Gasteiger partial charge on any atom is 0.143 e. The van der Waals surface area contributed by atoms with Crippen LogP contribution < -0.4 is 4.74 Å². The third kappa shape index (κ3) is 3.58. The molecule has 43 heavy (non-hydrogen) atoms. The van der Waals surface area contributed by atoms with Crippen molar-refractivity contribution in [3.63, 3.8) is 0 Å². The van der Waals surface area contributed by atoms with E-state index in [4.69, 9.17) is 4.74 Å². The number of ether oxygens (including phenoxy) is 1. The SMILES string of the molecule is c1ccc(-c2cccc3c2Oc2ccc(-c4c5ccccc5c(-c5ccccc5)c5ccccc45)c4cccc-3c24)cc1. The first kappa shape index (κ1) is 24.0. The van der Waals surface area contributed by atoms with Crippen LogP contribution in [-0.4, -0.2) is 0 Å². The highest BCUT2D eigenvalue weighted by Gasteiger charge is 2.25. The molecule has 0 spiro atoms. The zero-order valence-electron chi connectivity index (χ0n) is 23.4. The Morgan fingerprint density at radius 1 is 0.302 bits per heavy atom. The Morgan fingerprint density at radius 3 is 1.49 bits per heavy atom. The molecule has 0 radical (unpaired) electrons. The summed E-state index contributed by atoms with van der Waals surface area (Å²) in [6, 6.07) is 56.6. The molecular weight excluding hydrogens is 520 g/mol. The molecule has 0 saturated heterocycles. The van der Waals surface area contributed by atoms with E-state index in [1.54, 1.807) is 0 Å². The summed E-state index contributed by atoms with van der Waals surface area (Å²) in [6.45, 7) is 0. The molecule has 0 aliphatic carbocycles. The quantitative estimate of drug-likeness (QED) is 0.200. The van der Waals surface area contributed by atoms with Crippen molar-refractivity contribution in [1.29, 1.82) is 0 Å². The van der Waals surface area contributed by atoms with Crippen LogP contribution in [0.4, 0.5) is 0 Å². The number of hydrogen-bond acceptors (Lipinski definition) is 1. The first-order chi connectivity index (χ1) is 21.4. The lowest BCUT2D eigenvalue weighted by Gasteiger charge is -2.25. The van der Waals surface area contributed by atoms with E-state index in [0.717, 1.165) is 33.6 Å². The second-order valence-corrected chi connectivity index (χ2v) is 11.2. The Morgan fingerprint density at radius 2 is 0.814 bits per heavy atom. The topological polar surface area (TPSA) is 9.23 Å². The van der Waals surface area contributed by atoms with E-state index in [2.05, 4.69) is 158 Å². The van der Waals surface area contributed by atoms with Gasteiger partial charge in [0.05, 0.1) is 0 Å². The molecule has 0 fully saturated rings. The van der Waals surface area contributed by atoms with Crippen molar-refractivity contribution in [2.24, 2.45) is 0 Å². The van der Waals surface area contributed by atoms with Gasteiger partial charge in [-0.2, -0.15) is 0 Å². The molecule has 0 N–H and O–H groups in total. The highest BCUT2D eigenvalue weighted by molar-refractivity contribution is 6.24. The third-order valence-corrected chi connectivity index (χ3v) is 8.87. The van der Waals surface area contributed by atoms with E-state index in [1.807, 2.05) is 0 Å². The van der Waals surface area contributed by atoms with Crippen LogP contribution >= 0.6 is 0 Å². The van der Waals surface area contributed by atoms with Crippen LogP contribution in [0, 0.1) is 0 Å². The molecule has 1 aliphatic heterocycles. The minimum atomic E-state index is 0.903. The van der Waals surface area contributed by atoms with E-state index in [0.29, 0.717) is 0 Å². The van der Waals surface area contributed by atoms with E-state index < -0.39 is 0 Å². The molecule has 0 aromatic heterocycles. The highest BCUT2D eigenvalue weighted by atomic mass is 16.5. The number of benzene rings is 8. The number of rotatable bonds is 3. The van der Waals surface area contributed by atoms with Crippen LogP contribution in [0.2, 0.25) is 0 Å². The lowest BCUT2D eigenvalue weighted by molar-refractivity contribution is 0.489. The summed E-state index contributed by atoms with van der Waals surface area (Å²) in [5.41, 5.74) is 9.61. The maximum atomic E-state index is 6.78. The van der Waals surface area contributed by atoms with E-state index in [1.165, 1.54) is 54.7 Å². The first-order valence-electron chi connectivity index (χ1n) is 14.8. The first-order valence-corrected chi connectivity index (χ1v) is 14.8. The van der Waals surface area contributed by atoms with Gasteiger partial charge in [0, 0.05) is 16.5 Å². The van der Waals surface area contributed by atoms with Crippen LogP contribution in [-0.2, 0) is 0 Å². The van der Waals surface area contributed by atoms with Gasteiger partial charge in [-0.15, -0.1) is 0 Å². The molecule has 9 rings (SSSR count). The summed E-state index contributed by atoms with van der Waals surface area (Å²) in [7, 11) is 0. The fraction of sp³-hybridized carbons (Fsp3) is 0. The third-order valence-electron chi connectivity index (χ3n) is 8.87. The largest absolute Gasteiger partial charge is 0.455 e. The second-order valence-electron chi connectivity index (χ2n) is 11.2. The highest BCUT2D eigenvalue weighted by Crippen LogP contribution is 2.53. The summed E-state index contributed by atoms with van der Waals surface area (Å²) in [6.07, 6.45) is 0. The molecule has 8 aromatic carbocycles. The van der Waals surface area contributed by atoms with Crippen molar-refractivity contribution < 1.29 is 4.74 Å². The van der Waals surface area contributed by atoms with Crippen LogP contribution in [0.1, 0.15) is 0 Å². The van der Waals surface area contributed by atoms with Crippen molar-refractivity contribution >= 4 is 32.3 Å². The zero-order valence-corrected chi connectivity index (χ0v) is 23.4. The molecule has 0 atom stereocenters. The normalized spacial score (nSPS) is 11.9. The maximum absolute atomic E-state index is 6.78. The average Bonchev–Trinajstić information content (AvgIpc) is 3.08. The fourth-order valence-electron chi connectivity index (χ4n) is 7.05. The van der Waals surface area contributed by atoms with Crippen molar-refractivity contribution in [2.75, 3.05) is 0 Å². The molecule has 0 bridgehead atoms. The predicted molar refractivity (Wildman–Crippen MR) is 181 cm³/mol. The van der Waals surface area contributed by atoms with E-state index in [9.17, 15) is 0 Å². The van der Waals surface area contributed by atoms with Gasteiger partial charge in [0.15, 0.2) is 0 Å². The van der Waals surface area contributed by atoms with Gasteiger partial charge in [0.1, 0.15) is 11.5 Å².